The molecule has 0 aliphatic carbocycles. The van der Waals surface area contributed by atoms with Gasteiger partial charge in [0.2, 0.25) is 5.89 Å². The molecule has 0 fully saturated rings. The van der Waals surface area contributed by atoms with Crippen LogP contribution in [0.5, 0.6) is 0 Å². The number of benzene rings is 1. The highest BCUT2D eigenvalue weighted by Crippen LogP contribution is 2.24. The van der Waals surface area contributed by atoms with Crippen LogP contribution in [0.4, 0.5) is 0 Å². The van der Waals surface area contributed by atoms with E-state index in [4.69, 9.17) is 4.52 Å². The van der Waals surface area contributed by atoms with E-state index in [9.17, 15) is 0 Å². The first-order chi connectivity index (χ1) is 13.2. The molecule has 0 N–H and O–H groups in total. The third-order valence-corrected chi connectivity index (χ3v) is 4.09. The highest BCUT2D eigenvalue weighted by molar-refractivity contribution is 5.70. The Labute approximate surface area is 157 Å². The molecule has 7 nitrogen and oxygen atoms in total. The fourth-order valence-corrected chi connectivity index (χ4v) is 2.84. The second-order valence-electron chi connectivity index (χ2n) is 6.81. The van der Waals surface area contributed by atoms with Crippen molar-refractivity contribution in [2.24, 2.45) is 5.92 Å². The third-order valence-electron chi connectivity index (χ3n) is 4.09. The molecule has 0 saturated heterocycles. The van der Waals surface area contributed by atoms with Crippen LogP contribution in [-0.2, 0) is 13.0 Å². The Bertz CT molecular complexity index is 1020. The summed E-state index contributed by atoms with van der Waals surface area (Å²) in [7, 11) is 0. The fourth-order valence-electron chi connectivity index (χ4n) is 2.84. The topological polar surface area (TPSA) is 82.5 Å². The number of rotatable bonds is 6. The average molecular weight is 360 g/mol. The smallest absolute Gasteiger partial charge is 0.226 e. The number of hydrogen-bond donors (Lipinski definition) is 0. The van der Waals surface area contributed by atoms with Gasteiger partial charge in [-0.1, -0.05) is 37.2 Å². The van der Waals surface area contributed by atoms with E-state index in [1.54, 1.807) is 12.4 Å². The van der Waals surface area contributed by atoms with E-state index in [1.165, 1.54) is 6.33 Å². The van der Waals surface area contributed by atoms with Gasteiger partial charge in [0, 0.05) is 36.1 Å². The summed E-state index contributed by atoms with van der Waals surface area (Å²) in [6.45, 7) is 4.73. The molecule has 3 heterocycles. The van der Waals surface area contributed by atoms with E-state index >= 15 is 0 Å². The molecule has 0 aliphatic rings. The minimum absolute atomic E-state index is 0.480. The third kappa shape index (κ3) is 4.08. The lowest BCUT2D eigenvalue weighted by molar-refractivity contribution is 0.357. The Kier molecular flexibility index (Phi) is 4.74. The lowest BCUT2D eigenvalue weighted by atomic mass is 10.0. The first kappa shape index (κ1) is 17.1. The van der Waals surface area contributed by atoms with Crippen molar-refractivity contribution in [2.45, 2.75) is 26.8 Å². The Morgan fingerprint density at radius 2 is 1.85 bits per heavy atom. The maximum atomic E-state index is 5.29. The molecule has 136 valence electrons. The van der Waals surface area contributed by atoms with Crippen molar-refractivity contribution >= 4 is 0 Å². The van der Waals surface area contributed by atoms with Gasteiger partial charge in [-0.05, 0) is 23.6 Å². The Morgan fingerprint density at radius 1 is 1.04 bits per heavy atom. The van der Waals surface area contributed by atoms with Crippen LogP contribution in [0.25, 0.3) is 22.4 Å². The lowest BCUT2D eigenvalue weighted by Crippen LogP contribution is -2.02. The molecule has 0 bridgehead atoms. The van der Waals surface area contributed by atoms with E-state index < -0.39 is 0 Å². The largest absolute Gasteiger partial charge is 0.339 e. The van der Waals surface area contributed by atoms with E-state index in [-0.39, 0.29) is 0 Å². The maximum absolute atomic E-state index is 5.29. The summed E-state index contributed by atoms with van der Waals surface area (Å²) < 4.78 is 7.11. The van der Waals surface area contributed by atoms with E-state index in [1.807, 2.05) is 35.1 Å². The number of nitrogens with zero attached hydrogens (tertiary/aromatic N) is 6. The summed E-state index contributed by atoms with van der Waals surface area (Å²) in [6.07, 6.45) is 7.84. The first-order valence-electron chi connectivity index (χ1n) is 8.88. The van der Waals surface area contributed by atoms with Crippen molar-refractivity contribution in [1.29, 1.82) is 0 Å². The minimum Gasteiger partial charge on any atom is -0.339 e. The highest BCUT2D eigenvalue weighted by Gasteiger charge is 2.10. The predicted molar refractivity (Wildman–Crippen MR) is 101 cm³/mol. The van der Waals surface area contributed by atoms with Gasteiger partial charge in [0.25, 0.3) is 0 Å². The lowest BCUT2D eigenvalue weighted by Gasteiger charge is -2.03. The van der Waals surface area contributed by atoms with Gasteiger partial charge in [-0.15, -0.1) is 0 Å². The molecule has 0 radical (unpaired) electrons. The molecule has 7 heteroatoms. The van der Waals surface area contributed by atoms with Gasteiger partial charge in [-0.25, -0.2) is 9.97 Å². The van der Waals surface area contributed by atoms with Crippen LogP contribution >= 0.6 is 0 Å². The Morgan fingerprint density at radius 3 is 2.67 bits per heavy atom. The van der Waals surface area contributed by atoms with E-state index in [2.05, 4.69) is 45.1 Å². The minimum atomic E-state index is 0.480. The zero-order valence-electron chi connectivity index (χ0n) is 15.3. The van der Waals surface area contributed by atoms with E-state index in [0.29, 0.717) is 24.2 Å². The van der Waals surface area contributed by atoms with Crippen LogP contribution in [0.15, 0.2) is 59.8 Å². The molecule has 0 aliphatic heterocycles. The molecular weight excluding hydrogens is 340 g/mol. The number of hydrogen-bond acceptors (Lipinski definition) is 6. The zero-order valence-corrected chi connectivity index (χ0v) is 15.3. The SMILES string of the molecule is CC(C)Cc1nc(Cn2ccc(-c3cccc(-c4cncnc4)c3)n2)no1. The van der Waals surface area contributed by atoms with Gasteiger partial charge in [0.05, 0.1) is 5.69 Å². The van der Waals surface area contributed by atoms with Crippen molar-refractivity contribution in [3.63, 3.8) is 0 Å². The molecule has 4 rings (SSSR count). The van der Waals surface area contributed by atoms with Crippen molar-refractivity contribution in [3.05, 3.63) is 67.0 Å². The van der Waals surface area contributed by atoms with Crippen LogP contribution in [0.2, 0.25) is 0 Å². The second-order valence-corrected chi connectivity index (χ2v) is 6.81. The Hall–Kier alpha value is -3.35. The van der Waals surface area contributed by atoms with Crippen LogP contribution in [0.3, 0.4) is 0 Å². The Balaban J connectivity index is 1.52. The molecule has 0 atom stereocenters. The first-order valence-corrected chi connectivity index (χ1v) is 8.88. The fraction of sp³-hybridized carbons (Fsp3) is 0.250. The standard InChI is InChI=1S/C20H20N6O/c1-14(2)8-20-23-19(25-27-20)12-26-7-6-18(24-26)16-5-3-4-15(9-16)17-10-21-13-22-11-17/h3-7,9-11,13-14H,8,12H2,1-2H3. The average Bonchev–Trinajstić information content (AvgIpc) is 3.32. The summed E-state index contributed by atoms with van der Waals surface area (Å²) >= 11 is 0. The van der Waals surface area contributed by atoms with Gasteiger partial charge in [0.1, 0.15) is 12.9 Å². The summed E-state index contributed by atoms with van der Waals surface area (Å²) in [5.41, 5.74) is 3.95. The van der Waals surface area contributed by atoms with Crippen molar-refractivity contribution in [2.75, 3.05) is 0 Å². The van der Waals surface area contributed by atoms with Crippen LogP contribution < -0.4 is 0 Å². The van der Waals surface area contributed by atoms with Gasteiger partial charge >= 0.3 is 0 Å². The van der Waals surface area contributed by atoms with Crippen molar-refractivity contribution in [3.8, 4) is 22.4 Å². The monoisotopic (exact) mass is 360 g/mol. The number of aromatic nitrogens is 6. The van der Waals surface area contributed by atoms with Crippen LogP contribution in [-0.4, -0.2) is 29.9 Å². The highest BCUT2D eigenvalue weighted by atomic mass is 16.5. The van der Waals surface area contributed by atoms with Gasteiger partial charge in [0.15, 0.2) is 5.82 Å². The zero-order chi connectivity index (χ0) is 18.6. The molecule has 0 saturated carbocycles. The van der Waals surface area contributed by atoms with Gasteiger partial charge in [-0.3, -0.25) is 4.68 Å². The van der Waals surface area contributed by atoms with Gasteiger partial charge < -0.3 is 4.52 Å². The molecule has 3 aromatic heterocycles. The summed E-state index contributed by atoms with van der Waals surface area (Å²) in [4.78, 5) is 12.6. The summed E-state index contributed by atoms with van der Waals surface area (Å²) in [5.74, 6) is 1.79. The maximum Gasteiger partial charge on any atom is 0.226 e. The molecule has 4 aromatic rings. The molecule has 0 spiro atoms. The normalized spacial score (nSPS) is 11.2. The van der Waals surface area contributed by atoms with Crippen molar-refractivity contribution in [1.82, 2.24) is 29.9 Å². The predicted octanol–water partition coefficient (Wildman–Crippen LogP) is 3.64. The molecule has 1 aromatic carbocycles. The molecule has 0 unspecified atom stereocenters. The van der Waals surface area contributed by atoms with Crippen LogP contribution in [0, 0.1) is 5.92 Å². The molecular formula is C20H20N6O. The molecule has 27 heavy (non-hydrogen) atoms. The van der Waals surface area contributed by atoms with Crippen LogP contribution in [0.1, 0.15) is 25.6 Å². The second kappa shape index (κ2) is 7.49. The quantitative estimate of drug-likeness (QED) is 0.522. The summed E-state index contributed by atoms with van der Waals surface area (Å²) in [6, 6.07) is 10.1. The summed E-state index contributed by atoms with van der Waals surface area (Å²) in [5, 5.41) is 8.68. The van der Waals surface area contributed by atoms with Crippen molar-refractivity contribution < 1.29 is 4.52 Å². The van der Waals surface area contributed by atoms with Gasteiger partial charge in [-0.2, -0.15) is 10.1 Å². The van der Waals surface area contributed by atoms with E-state index in [0.717, 1.165) is 28.8 Å². The molecule has 0 amide bonds.